The molecule has 0 aromatic heterocycles. The molecular formula is C24H28BrFN2O4. The van der Waals surface area contributed by atoms with Gasteiger partial charge in [0.2, 0.25) is 0 Å². The van der Waals surface area contributed by atoms with Crippen LogP contribution < -0.4 is 4.74 Å². The summed E-state index contributed by atoms with van der Waals surface area (Å²) in [7, 11) is 0. The second-order valence-corrected chi connectivity index (χ2v) is 9.15. The van der Waals surface area contributed by atoms with Crippen molar-refractivity contribution in [2.24, 2.45) is 0 Å². The third kappa shape index (κ3) is 6.53. The Morgan fingerprint density at radius 1 is 1.12 bits per heavy atom. The number of benzene rings is 2. The smallest absolute Gasteiger partial charge is 0.303 e. The lowest BCUT2D eigenvalue weighted by molar-refractivity contribution is -0.139. The standard InChI is InChI=1S/C24H28BrFN2O4/c1-16-13-28(17(2)12-27(16)14-18-3-7-21(26)8-4-18)23(29)15-32-22-9-6-20(25)11-19(22)5-10-24(30)31/h3-4,6-9,11,16-17H,5,10,12-15H2,1-2H3,(H,30,31)/t16-,17+/m0/s1. The van der Waals surface area contributed by atoms with Crippen LogP contribution in [0.5, 0.6) is 5.75 Å². The van der Waals surface area contributed by atoms with Gasteiger partial charge in [-0.15, -0.1) is 0 Å². The highest BCUT2D eigenvalue weighted by atomic mass is 79.9. The number of carbonyl (C=O) groups is 2. The lowest BCUT2D eigenvalue weighted by Crippen LogP contribution is -2.58. The van der Waals surface area contributed by atoms with E-state index in [0.717, 1.165) is 15.6 Å². The average Bonchev–Trinajstić information content (AvgIpc) is 2.75. The van der Waals surface area contributed by atoms with E-state index >= 15 is 0 Å². The van der Waals surface area contributed by atoms with Gasteiger partial charge in [0.1, 0.15) is 11.6 Å². The van der Waals surface area contributed by atoms with Gasteiger partial charge in [-0.25, -0.2) is 4.39 Å². The zero-order valence-corrected chi connectivity index (χ0v) is 19.8. The molecule has 0 unspecified atom stereocenters. The van der Waals surface area contributed by atoms with Crippen LogP contribution >= 0.6 is 15.9 Å². The third-order valence-electron chi connectivity index (χ3n) is 5.72. The number of piperazine rings is 1. The Bertz CT molecular complexity index is 954. The zero-order chi connectivity index (χ0) is 23.3. The molecule has 1 amide bonds. The maximum Gasteiger partial charge on any atom is 0.303 e. The molecule has 3 rings (SSSR count). The molecule has 6 nitrogen and oxygen atoms in total. The van der Waals surface area contributed by atoms with E-state index in [1.807, 2.05) is 24.0 Å². The van der Waals surface area contributed by atoms with Crippen LogP contribution in [0.3, 0.4) is 0 Å². The summed E-state index contributed by atoms with van der Waals surface area (Å²) in [5, 5.41) is 8.97. The zero-order valence-electron chi connectivity index (χ0n) is 18.3. The van der Waals surface area contributed by atoms with Crippen molar-refractivity contribution < 1.29 is 23.8 Å². The maximum absolute atomic E-state index is 13.2. The van der Waals surface area contributed by atoms with Gasteiger partial charge in [0.15, 0.2) is 6.61 Å². The van der Waals surface area contributed by atoms with Gasteiger partial charge >= 0.3 is 5.97 Å². The molecule has 0 saturated carbocycles. The molecule has 1 N–H and O–H groups in total. The van der Waals surface area contributed by atoms with Gasteiger partial charge in [-0.3, -0.25) is 14.5 Å². The number of carboxylic acid groups (broad SMARTS) is 1. The van der Waals surface area contributed by atoms with E-state index in [1.54, 1.807) is 18.2 Å². The lowest BCUT2D eigenvalue weighted by atomic mass is 10.1. The fourth-order valence-electron chi connectivity index (χ4n) is 3.94. The minimum absolute atomic E-state index is 0.00861. The number of hydrogen-bond donors (Lipinski definition) is 1. The molecular weight excluding hydrogens is 479 g/mol. The van der Waals surface area contributed by atoms with Gasteiger partial charge < -0.3 is 14.7 Å². The predicted molar refractivity (Wildman–Crippen MR) is 123 cm³/mol. The Kier molecular flexibility index (Phi) is 8.26. The molecule has 2 aromatic rings. The minimum Gasteiger partial charge on any atom is -0.483 e. The summed E-state index contributed by atoms with van der Waals surface area (Å²) < 4.78 is 19.8. The fraction of sp³-hybridized carbons (Fsp3) is 0.417. The first-order valence-electron chi connectivity index (χ1n) is 10.6. The number of rotatable bonds is 8. The van der Waals surface area contributed by atoms with Crippen LogP contribution in [-0.2, 0) is 22.6 Å². The Morgan fingerprint density at radius 3 is 2.53 bits per heavy atom. The highest BCUT2D eigenvalue weighted by Crippen LogP contribution is 2.25. The van der Waals surface area contributed by atoms with Crippen LogP contribution in [0.25, 0.3) is 0 Å². The number of hydrogen-bond acceptors (Lipinski definition) is 4. The summed E-state index contributed by atoms with van der Waals surface area (Å²) in [6, 6.07) is 12.1. The second-order valence-electron chi connectivity index (χ2n) is 8.23. The maximum atomic E-state index is 13.2. The quantitative estimate of drug-likeness (QED) is 0.583. The first-order chi connectivity index (χ1) is 15.2. The summed E-state index contributed by atoms with van der Waals surface area (Å²) >= 11 is 3.39. The van der Waals surface area contributed by atoms with E-state index in [0.29, 0.717) is 31.8 Å². The molecule has 0 bridgehead atoms. The molecule has 1 aliphatic rings. The number of carbonyl (C=O) groups excluding carboxylic acids is 1. The van der Waals surface area contributed by atoms with E-state index in [2.05, 4.69) is 27.8 Å². The molecule has 1 fully saturated rings. The van der Waals surface area contributed by atoms with Crippen molar-refractivity contribution in [1.82, 2.24) is 9.80 Å². The number of aliphatic carboxylic acids is 1. The first kappa shape index (κ1) is 24.2. The number of halogens is 2. The van der Waals surface area contributed by atoms with E-state index in [4.69, 9.17) is 9.84 Å². The van der Waals surface area contributed by atoms with Gasteiger partial charge in [0.05, 0.1) is 0 Å². The normalized spacial score (nSPS) is 19.1. The molecule has 0 radical (unpaired) electrons. The van der Waals surface area contributed by atoms with Crippen LogP contribution in [0, 0.1) is 5.82 Å². The molecule has 2 atom stereocenters. The molecule has 1 heterocycles. The Hall–Kier alpha value is -2.45. The number of ether oxygens (including phenoxy) is 1. The minimum atomic E-state index is -0.881. The third-order valence-corrected chi connectivity index (χ3v) is 6.21. The Morgan fingerprint density at radius 2 is 1.84 bits per heavy atom. The van der Waals surface area contributed by atoms with E-state index < -0.39 is 5.97 Å². The lowest BCUT2D eigenvalue weighted by Gasteiger charge is -2.44. The highest BCUT2D eigenvalue weighted by Gasteiger charge is 2.32. The van der Waals surface area contributed by atoms with Crippen LogP contribution in [0.2, 0.25) is 0 Å². The molecule has 1 saturated heterocycles. The van der Waals surface area contributed by atoms with Gasteiger partial charge in [-0.2, -0.15) is 0 Å². The molecule has 0 spiro atoms. The molecule has 0 aliphatic carbocycles. The molecule has 172 valence electrons. The van der Waals surface area contributed by atoms with Crippen molar-refractivity contribution in [3.05, 3.63) is 63.9 Å². The fourth-order valence-corrected chi connectivity index (χ4v) is 4.35. The number of aryl methyl sites for hydroxylation is 1. The van der Waals surface area contributed by atoms with Crippen LogP contribution in [0.15, 0.2) is 46.9 Å². The molecule has 1 aliphatic heterocycles. The van der Waals surface area contributed by atoms with Crippen molar-refractivity contribution in [2.45, 2.75) is 45.3 Å². The summed E-state index contributed by atoms with van der Waals surface area (Å²) in [6.45, 7) is 5.99. The van der Waals surface area contributed by atoms with Gasteiger partial charge in [-0.05, 0) is 61.7 Å². The summed E-state index contributed by atoms with van der Waals surface area (Å²) in [5.74, 6) is -0.702. The molecule has 32 heavy (non-hydrogen) atoms. The van der Waals surface area contributed by atoms with E-state index in [9.17, 15) is 14.0 Å². The van der Waals surface area contributed by atoms with E-state index in [-0.39, 0.29) is 36.8 Å². The van der Waals surface area contributed by atoms with Crippen molar-refractivity contribution in [1.29, 1.82) is 0 Å². The first-order valence-corrected chi connectivity index (χ1v) is 11.4. The summed E-state index contributed by atoms with van der Waals surface area (Å²) in [5.41, 5.74) is 1.79. The van der Waals surface area contributed by atoms with Crippen molar-refractivity contribution >= 4 is 27.8 Å². The molecule has 8 heteroatoms. The van der Waals surface area contributed by atoms with Crippen LogP contribution in [0.4, 0.5) is 4.39 Å². The van der Waals surface area contributed by atoms with Crippen LogP contribution in [-0.4, -0.2) is 58.6 Å². The summed E-state index contributed by atoms with van der Waals surface area (Å²) in [6.07, 6.45) is 0.319. The van der Waals surface area contributed by atoms with Gasteiger partial charge in [-0.1, -0.05) is 28.1 Å². The number of amides is 1. The second kappa shape index (κ2) is 10.9. The van der Waals surface area contributed by atoms with Crippen molar-refractivity contribution in [3.8, 4) is 5.75 Å². The van der Waals surface area contributed by atoms with E-state index in [1.165, 1.54) is 12.1 Å². The topological polar surface area (TPSA) is 70.1 Å². The highest BCUT2D eigenvalue weighted by molar-refractivity contribution is 9.10. The number of carboxylic acids is 1. The monoisotopic (exact) mass is 506 g/mol. The molecule has 2 aromatic carbocycles. The van der Waals surface area contributed by atoms with Crippen molar-refractivity contribution in [2.75, 3.05) is 19.7 Å². The average molecular weight is 507 g/mol. The summed E-state index contributed by atoms with van der Waals surface area (Å²) in [4.78, 5) is 28.0. The number of nitrogens with zero attached hydrogens (tertiary/aromatic N) is 2. The SMILES string of the molecule is C[C@@H]1CN(Cc2ccc(F)cc2)[C@@H](C)CN1C(=O)COc1ccc(Br)cc1CCC(=O)O. The van der Waals surface area contributed by atoms with Crippen LogP contribution in [0.1, 0.15) is 31.4 Å². The van der Waals surface area contributed by atoms with Gasteiger partial charge in [0, 0.05) is 42.6 Å². The Labute approximate surface area is 196 Å². The Balaban J connectivity index is 1.58. The van der Waals surface area contributed by atoms with Crippen molar-refractivity contribution in [3.63, 3.8) is 0 Å². The largest absolute Gasteiger partial charge is 0.483 e. The van der Waals surface area contributed by atoms with Gasteiger partial charge in [0.25, 0.3) is 5.91 Å². The predicted octanol–water partition coefficient (Wildman–Crippen LogP) is 4.11.